The highest BCUT2D eigenvalue weighted by molar-refractivity contribution is 6.17. The lowest BCUT2D eigenvalue weighted by Crippen LogP contribution is -2.10. The Morgan fingerprint density at radius 3 is 2.29 bits per heavy atom. The van der Waals surface area contributed by atoms with Gasteiger partial charge in [-0.1, -0.05) is 0 Å². The van der Waals surface area contributed by atoms with Crippen LogP contribution in [0.2, 0.25) is 0 Å². The van der Waals surface area contributed by atoms with Crippen molar-refractivity contribution in [2.45, 2.75) is 12.1 Å². The molecule has 1 aromatic rings. The van der Waals surface area contributed by atoms with Crippen LogP contribution in [0.15, 0.2) is 12.1 Å². The van der Waals surface area contributed by atoms with E-state index >= 15 is 0 Å². The van der Waals surface area contributed by atoms with Crippen molar-refractivity contribution in [3.63, 3.8) is 0 Å². The Kier molecular flexibility index (Phi) is 2.89. The zero-order valence-corrected chi connectivity index (χ0v) is 7.58. The molecule has 0 unspecified atom stereocenters. The highest BCUT2D eigenvalue weighted by atomic mass is 35.5. The van der Waals surface area contributed by atoms with Crippen LogP contribution in [0.5, 0.6) is 0 Å². The molecular weight excluding hydrogens is 222 g/mol. The van der Waals surface area contributed by atoms with Gasteiger partial charge in [0.1, 0.15) is 5.82 Å². The molecule has 0 saturated carbocycles. The molecule has 0 heterocycles. The number of anilines is 1. The summed E-state index contributed by atoms with van der Waals surface area (Å²) in [5, 5.41) is 0. The van der Waals surface area contributed by atoms with Crippen molar-refractivity contribution in [2.24, 2.45) is 0 Å². The second kappa shape index (κ2) is 3.65. The molecule has 78 valence electrons. The molecule has 0 bridgehead atoms. The molecule has 0 spiro atoms. The Labute approximate surface area is 82.5 Å². The largest absolute Gasteiger partial charge is 0.416 e. The van der Waals surface area contributed by atoms with Crippen LogP contribution in [0.1, 0.15) is 11.1 Å². The molecule has 0 fully saturated rings. The summed E-state index contributed by atoms with van der Waals surface area (Å²) in [6.45, 7) is 0. The zero-order chi connectivity index (χ0) is 10.9. The van der Waals surface area contributed by atoms with E-state index in [1.807, 2.05) is 0 Å². The standard InChI is InChI=1S/C8H6ClF4N/c9-3-4-1-6(10)7(14)2-5(4)8(11,12)13/h1-2H,3,14H2. The predicted octanol–water partition coefficient (Wildman–Crippen LogP) is 3.17. The summed E-state index contributed by atoms with van der Waals surface area (Å²) in [5.41, 5.74) is 3.18. The van der Waals surface area contributed by atoms with Gasteiger partial charge >= 0.3 is 6.18 Å². The highest BCUT2D eigenvalue weighted by Crippen LogP contribution is 2.34. The molecular formula is C8H6ClF4N. The lowest BCUT2D eigenvalue weighted by atomic mass is 10.1. The number of hydrogen-bond acceptors (Lipinski definition) is 1. The summed E-state index contributed by atoms with van der Waals surface area (Å²) in [7, 11) is 0. The Balaban J connectivity index is 3.35. The van der Waals surface area contributed by atoms with Crippen molar-refractivity contribution in [2.75, 3.05) is 5.73 Å². The number of nitrogen functional groups attached to an aromatic ring is 1. The third-order valence-corrected chi connectivity index (χ3v) is 1.96. The third kappa shape index (κ3) is 2.09. The monoisotopic (exact) mass is 227 g/mol. The fraction of sp³-hybridized carbons (Fsp3) is 0.250. The van der Waals surface area contributed by atoms with Gasteiger partial charge in [0.2, 0.25) is 0 Å². The molecule has 0 saturated heterocycles. The molecule has 0 atom stereocenters. The van der Waals surface area contributed by atoms with Crippen LogP contribution < -0.4 is 5.73 Å². The number of alkyl halides is 4. The summed E-state index contributed by atoms with van der Waals surface area (Å²) in [6, 6.07) is 1.25. The predicted molar refractivity (Wildman–Crippen MR) is 45.4 cm³/mol. The van der Waals surface area contributed by atoms with E-state index in [0.717, 1.165) is 0 Å². The highest BCUT2D eigenvalue weighted by Gasteiger charge is 2.33. The molecule has 0 aliphatic rings. The molecule has 0 aromatic heterocycles. The molecule has 2 N–H and O–H groups in total. The first-order valence-electron chi connectivity index (χ1n) is 3.57. The SMILES string of the molecule is Nc1cc(C(F)(F)F)c(CCl)cc1F. The van der Waals surface area contributed by atoms with Crippen LogP contribution in [0.3, 0.4) is 0 Å². The molecule has 1 nitrogen and oxygen atoms in total. The summed E-state index contributed by atoms with van der Waals surface area (Å²) in [5.74, 6) is -1.31. The van der Waals surface area contributed by atoms with Gasteiger partial charge in [0.25, 0.3) is 0 Å². The molecule has 1 aromatic carbocycles. The number of rotatable bonds is 1. The number of halogens is 5. The van der Waals surface area contributed by atoms with E-state index < -0.39 is 29.1 Å². The Morgan fingerprint density at radius 2 is 1.86 bits per heavy atom. The first-order valence-corrected chi connectivity index (χ1v) is 4.10. The first-order chi connectivity index (χ1) is 6.36. The molecule has 6 heteroatoms. The van der Waals surface area contributed by atoms with Crippen LogP contribution >= 0.6 is 11.6 Å². The van der Waals surface area contributed by atoms with E-state index in [2.05, 4.69) is 0 Å². The molecule has 0 aliphatic carbocycles. The fourth-order valence-corrected chi connectivity index (χ4v) is 1.23. The van der Waals surface area contributed by atoms with Crippen molar-refractivity contribution < 1.29 is 17.6 Å². The van der Waals surface area contributed by atoms with E-state index in [4.69, 9.17) is 17.3 Å². The minimum atomic E-state index is -4.56. The first kappa shape index (κ1) is 11.1. The van der Waals surface area contributed by atoms with E-state index in [1.165, 1.54) is 0 Å². The van der Waals surface area contributed by atoms with Crippen molar-refractivity contribution in [3.8, 4) is 0 Å². The fourth-order valence-electron chi connectivity index (χ4n) is 1.01. The minimum absolute atomic E-state index is 0.314. The van der Waals surface area contributed by atoms with E-state index in [9.17, 15) is 17.6 Å². The number of nitrogens with two attached hydrogens (primary N) is 1. The average molecular weight is 228 g/mol. The quantitative estimate of drug-likeness (QED) is 0.445. The topological polar surface area (TPSA) is 26.0 Å². The molecule has 0 radical (unpaired) electrons. The van der Waals surface area contributed by atoms with Gasteiger partial charge in [-0.3, -0.25) is 0 Å². The minimum Gasteiger partial charge on any atom is -0.396 e. The Morgan fingerprint density at radius 1 is 1.29 bits per heavy atom. The smallest absolute Gasteiger partial charge is 0.396 e. The second-order valence-corrected chi connectivity index (χ2v) is 2.93. The van der Waals surface area contributed by atoms with Crippen molar-refractivity contribution in [3.05, 3.63) is 29.1 Å². The number of benzene rings is 1. The lowest BCUT2D eigenvalue weighted by Gasteiger charge is -2.12. The van der Waals surface area contributed by atoms with Gasteiger partial charge in [-0.15, -0.1) is 11.6 Å². The normalized spacial score (nSPS) is 11.8. The summed E-state index contributed by atoms with van der Waals surface area (Å²) in [4.78, 5) is 0. The van der Waals surface area contributed by atoms with Crippen LogP contribution in [0.4, 0.5) is 23.2 Å². The molecule has 0 aliphatic heterocycles. The van der Waals surface area contributed by atoms with Gasteiger partial charge in [-0.25, -0.2) is 4.39 Å². The van der Waals surface area contributed by atoms with E-state index in [-0.39, 0.29) is 5.56 Å². The molecule has 14 heavy (non-hydrogen) atoms. The molecule has 1 rings (SSSR count). The zero-order valence-electron chi connectivity index (χ0n) is 6.83. The van der Waals surface area contributed by atoms with Crippen molar-refractivity contribution in [1.29, 1.82) is 0 Å². The van der Waals surface area contributed by atoms with Crippen LogP contribution in [-0.4, -0.2) is 0 Å². The Hall–Kier alpha value is -0.970. The van der Waals surface area contributed by atoms with Gasteiger partial charge < -0.3 is 5.73 Å². The van der Waals surface area contributed by atoms with Gasteiger partial charge in [-0.2, -0.15) is 13.2 Å². The third-order valence-electron chi connectivity index (χ3n) is 1.67. The average Bonchev–Trinajstić information content (AvgIpc) is 2.07. The van der Waals surface area contributed by atoms with Crippen LogP contribution in [-0.2, 0) is 12.1 Å². The molecule has 0 amide bonds. The second-order valence-electron chi connectivity index (χ2n) is 2.66. The van der Waals surface area contributed by atoms with Crippen LogP contribution in [0, 0.1) is 5.82 Å². The number of hydrogen-bond donors (Lipinski definition) is 1. The van der Waals surface area contributed by atoms with Crippen LogP contribution in [0.25, 0.3) is 0 Å². The van der Waals surface area contributed by atoms with Crippen molar-refractivity contribution in [1.82, 2.24) is 0 Å². The maximum atomic E-state index is 12.8. The van der Waals surface area contributed by atoms with Gasteiger partial charge in [0, 0.05) is 5.88 Å². The van der Waals surface area contributed by atoms with Gasteiger partial charge in [0.15, 0.2) is 0 Å². The summed E-state index contributed by atoms with van der Waals surface area (Å²) < 4.78 is 49.7. The summed E-state index contributed by atoms with van der Waals surface area (Å²) in [6.07, 6.45) is -4.56. The van der Waals surface area contributed by atoms with Crippen molar-refractivity contribution >= 4 is 17.3 Å². The van der Waals surface area contributed by atoms with Gasteiger partial charge in [0.05, 0.1) is 11.3 Å². The lowest BCUT2D eigenvalue weighted by molar-refractivity contribution is -0.138. The maximum absolute atomic E-state index is 12.8. The van der Waals surface area contributed by atoms with E-state index in [0.29, 0.717) is 12.1 Å². The van der Waals surface area contributed by atoms with Gasteiger partial charge in [-0.05, 0) is 17.7 Å². The Bertz CT molecular complexity index is 348. The van der Waals surface area contributed by atoms with E-state index in [1.54, 1.807) is 0 Å². The summed E-state index contributed by atoms with van der Waals surface area (Å²) >= 11 is 5.25. The maximum Gasteiger partial charge on any atom is 0.416 e.